The summed E-state index contributed by atoms with van der Waals surface area (Å²) < 4.78 is 12.5. The van der Waals surface area contributed by atoms with Crippen LogP contribution in [0.15, 0.2) is 0 Å². The fraction of sp³-hybridized carbons (Fsp3) is 1.00. The van der Waals surface area contributed by atoms with Gasteiger partial charge in [-0.1, -0.05) is 0 Å². The molecule has 2 N–H and O–H groups in total. The first kappa shape index (κ1) is 6.96. The molecule has 0 radical (unpaired) electrons. The molecule has 54 valence electrons. The highest BCUT2D eigenvalue weighted by Gasteiger charge is 2.31. The summed E-state index contributed by atoms with van der Waals surface area (Å²) in [7, 11) is 1.79. The molecule has 0 aromatic heterocycles. The highest BCUT2D eigenvalue weighted by molar-refractivity contribution is 4.86. The average molecular weight is 133 g/mol. The van der Waals surface area contributed by atoms with Gasteiger partial charge in [0.05, 0.1) is 6.10 Å². The Morgan fingerprint density at radius 2 is 2.22 bits per heavy atom. The fourth-order valence-corrected chi connectivity index (χ4v) is 1.20. The predicted octanol–water partition coefficient (Wildman–Crippen LogP) is 0.0672. The van der Waals surface area contributed by atoms with Crippen LogP contribution in [0.5, 0.6) is 0 Å². The summed E-state index contributed by atoms with van der Waals surface area (Å²) in [4.78, 5) is 0. The Morgan fingerprint density at radius 3 is 2.44 bits per heavy atom. The van der Waals surface area contributed by atoms with E-state index in [2.05, 4.69) is 5.32 Å². The lowest BCUT2D eigenvalue weighted by Gasteiger charge is -2.03. The van der Waals surface area contributed by atoms with E-state index in [9.17, 15) is 4.39 Å². The Hall–Kier alpha value is -0.150. The standard InChI is InChI=1S/C6H12FNO/c1-8-4-2-5(7)6(9)3-4/h4-6,8-9H,2-3H2,1H3. The van der Waals surface area contributed by atoms with Crippen LogP contribution in [-0.4, -0.2) is 30.5 Å². The van der Waals surface area contributed by atoms with Crippen molar-refractivity contribution in [1.29, 1.82) is 0 Å². The quantitative estimate of drug-likeness (QED) is 0.530. The first-order valence-electron chi connectivity index (χ1n) is 3.23. The van der Waals surface area contributed by atoms with Crippen LogP contribution in [-0.2, 0) is 0 Å². The second-order valence-electron chi connectivity index (χ2n) is 2.54. The van der Waals surface area contributed by atoms with Crippen LogP contribution >= 0.6 is 0 Å². The molecule has 3 atom stereocenters. The SMILES string of the molecule is CNC1CC(O)C(F)C1. The normalized spacial score (nSPS) is 43.7. The number of rotatable bonds is 1. The van der Waals surface area contributed by atoms with Crippen LogP contribution in [0.2, 0.25) is 0 Å². The van der Waals surface area contributed by atoms with E-state index in [1.807, 2.05) is 0 Å². The van der Waals surface area contributed by atoms with E-state index in [-0.39, 0.29) is 6.04 Å². The maximum atomic E-state index is 12.5. The molecule has 1 aliphatic rings. The topological polar surface area (TPSA) is 32.3 Å². The Kier molecular flexibility index (Phi) is 2.03. The summed E-state index contributed by atoms with van der Waals surface area (Å²) in [6.07, 6.45) is -0.736. The van der Waals surface area contributed by atoms with Crippen molar-refractivity contribution in [3.05, 3.63) is 0 Å². The third-order valence-corrected chi connectivity index (χ3v) is 1.86. The molecule has 0 aromatic carbocycles. The summed E-state index contributed by atoms with van der Waals surface area (Å²) in [6.45, 7) is 0. The van der Waals surface area contributed by atoms with Gasteiger partial charge in [0.15, 0.2) is 0 Å². The van der Waals surface area contributed by atoms with Crippen LogP contribution in [0.3, 0.4) is 0 Å². The lowest BCUT2D eigenvalue weighted by atomic mass is 10.2. The summed E-state index contributed by atoms with van der Waals surface area (Å²) in [5.41, 5.74) is 0. The van der Waals surface area contributed by atoms with E-state index in [0.29, 0.717) is 12.8 Å². The van der Waals surface area contributed by atoms with Crippen LogP contribution in [0.25, 0.3) is 0 Å². The second kappa shape index (κ2) is 2.62. The van der Waals surface area contributed by atoms with Crippen molar-refractivity contribution in [2.75, 3.05) is 7.05 Å². The lowest BCUT2D eigenvalue weighted by Crippen LogP contribution is -2.21. The summed E-state index contributed by atoms with van der Waals surface area (Å²) in [6, 6.07) is 0.176. The van der Waals surface area contributed by atoms with Crippen LogP contribution in [0, 0.1) is 0 Å². The van der Waals surface area contributed by atoms with Crippen molar-refractivity contribution < 1.29 is 9.50 Å². The van der Waals surface area contributed by atoms with Crippen LogP contribution in [0.1, 0.15) is 12.8 Å². The maximum Gasteiger partial charge on any atom is 0.127 e. The molecule has 3 unspecified atom stereocenters. The third-order valence-electron chi connectivity index (χ3n) is 1.86. The molecular weight excluding hydrogens is 121 g/mol. The minimum atomic E-state index is -1.01. The largest absolute Gasteiger partial charge is 0.390 e. The van der Waals surface area contributed by atoms with Gasteiger partial charge in [-0.2, -0.15) is 0 Å². The summed E-state index contributed by atoms with van der Waals surface area (Å²) >= 11 is 0. The monoisotopic (exact) mass is 133 g/mol. The van der Waals surface area contributed by atoms with Crippen molar-refractivity contribution in [3.8, 4) is 0 Å². The smallest absolute Gasteiger partial charge is 0.127 e. The Bertz CT molecular complexity index is 89.1. The van der Waals surface area contributed by atoms with E-state index in [1.165, 1.54) is 0 Å². The zero-order valence-electron chi connectivity index (χ0n) is 5.47. The van der Waals surface area contributed by atoms with Crippen LogP contribution in [0.4, 0.5) is 4.39 Å². The molecule has 0 bridgehead atoms. The predicted molar refractivity (Wildman–Crippen MR) is 33.0 cm³/mol. The molecule has 0 heterocycles. The first-order chi connectivity index (χ1) is 4.24. The van der Waals surface area contributed by atoms with Gasteiger partial charge in [-0.05, 0) is 19.9 Å². The van der Waals surface area contributed by atoms with E-state index in [1.54, 1.807) is 7.05 Å². The number of hydrogen-bond acceptors (Lipinski definition) is 2. The number of alkyl halides is 1. The second-order valence-corrected chi connectivity index (χ2v) is 2.54. The number of halogens is 1. The molecular formula is C6H12FNO. The molecule has 0 saturated heterocycles. The minimum Gasteiger partial charge on any atom is -0.390 e. The lowest BCUT2D eigenvalue weighted by molar-refractivity contribution is 0.103. The van der Waals surface area contributed by atoms with E-state index < -0.39 is 12.3 Å². The van der Waals surface area contributed by atoms with Gasteiger partial charge >= 0.3 is 0 Å². The first-order valence-corrected chi connectivity index (χ1v) is 3.23. The molecule has 3 heteroatoms. The molecule has 0 aromatic rings. The van der Waals surface area contributed by atoms with Gasteiger partial charge in [0.2, 0.25) is 0 Å². The van der Waals surface area contributed by atoms with Gasteiger partial charge in [-0.3, -0.25) is 0 Å². The number of nitrogens with one attached hydrogen (secondary N) is 1. The molecule has 2 nitrogen and oxygen atoms in total. The molecule has 1 fully saturated rings. The van der Waals surface area contributed by atoms with Gasteiger partial charge in [-0.25, -0.2) is 4.39 Å². The van der Waals surface area contributed by atoms with E-state index in [0.717, 1.165) is 0 Å². The van der Waals surface area contributed by atoms with E-state index in [4.69, 9.17) is 5.11 Å². The highest BCUT2D eigenvalue weighted by atomic mass is 19.1. The molecule has 1 aliphatic carbocycles. The fourth-order valence-electron chi connectivity index (χ4n) is 1.20. The summed E-state index contributed by atoms with van der Waals surface area (Å²) in [5, 5.41) is 11.8. The molecule has 9 heavy (non-hydrogen) atoms. The summed E-state index contributed by atoms with van der Waals surface area (Å²) in [5.74, 6) is 0. The average Bonchev–Trinajstić information content (AvgIpc) is 2.13. The molecule has 0 amide bonds. The van der Waals surface area contributed by atoms with Crippen molar-refractivity contribution in [1.82, 2.24) is 5.32 Å². The van der Waals surface area contributed by atoms with E-state index >= 15 is 0 Å². The Morgan fingerprint density at radius 1 is 1.56 bits per heavy atom. The third kappa shape index (κ3) is 1.40. The van der Waals surface area contributed by atoms with Crippen molar-refractivity contribution in [3.63, 3.8) is 0 Å². The maximum absolute atomic E-state index is 12.5. The van der Waals surface area contributed by atoms with Gasteiger partial charge in [0.25, 0.3) is 0 Å². The number of hydrogen-bond donors (Lipinski definition) is 2. The minimum absolute atomic E-state index is 0.176. The zero-order chi connectivity index (χ0) is 6.85. The molecule has 1 rings (SSSR count). The van der Waals surface area contributed by atoms with Gasteiger partial charge < -0.3 is 10.4 Å². The molecule has 0 aliphatic heterocycles. The van der Waals surface area contributed by atoms with Gasteiger partial charge in [0, 0.05) is 6.04 Å². The van der Waals surface area contributed by atoms with Crippen LogP contribution < -0.4 is 5.32 Å². The van der Waals surface area contributed by atoms with Crippen molar-refractivity contribution in [2.45, 2.75) is 31.2 Å². The number of aliphatic hydroxyl groups is 1. The zero-order valence-corrected chi connectivity index (χ0v) is 5.47. The van der Waals surface area contributed by atoms with Gasteiger partial charge in [0.1, 0.15) is 6.17 Å². The number of aliphatic hydroxyl groups excluding tert-OH is 1. The molecule has 1 saturated carbocycles. The Balaban J connectivity index is 2.35. The highest BCUT2D eigenvalue weighted by Crippen LogP contribution is 2.21. The van der Waals surface area contributed by atoms with Gasteiger partial charge in [-0.15, -0.1) is 0 Å². The Labute approximate surface area is 54.1 Å². The van der Waals surface area contributed by atoms with Crippen molar-refractivity contribution in [2.24, 2.45) is 0 Å². The van der Waals surface area contributed by atoms with Crippen molar-refractivity contribution >= 4 is 0 Å². The molecule has 0 spiro atoms.